The minimum absolute atomic E-state index is 0.00115. The molecular weight excluding hydrogens is 818 g/mol. The van der Waals surface area contributed by atoms with Gasteiger partial charge in [-0.05, 0) is 92.7 Å². The number of nitrogens with one attached hydrogen (secondary N) is 1. The number of para-hydroxylation sites is 1. The van der Waals surface area contributed by atoms with Gasteiger partial charge in [0.15, 0.2) is 0 Å². The van der Waals surface area contributed by atoms with Crippen LogP contribution in [0.1, 0.15) is 17.7 Å². The summed E-state index contributed by atoms with van der Waals surface area (Å²) in [5, 5.41) is 11.2. The fraction of sp³-hybridized carbons (Fsp3) is 0.121. The lowest BCUT2D eigenvalue weighted by molar-refractivity contribution is -0.122. The van der Waals surface area contributed by atoms with Crippen molar-refractivity contribution >= 4 is 111 Å². The van der Waals surface area contributed by atoms with Gasteiger partial charge < -0.3 is 4.57 Å². The van der Waals surface area contributed by atoms with E-state index in [9.17, 15) is 18.0 Å². The van der Waals surface area contributed by atoms with Crippen LogP contribution in [0.15, 0.2) is 84.9 Å². The number of aromatic nitrogens is 3. The van der Waals surface area contributed by atoms with Gasteiger partial charge in [0, 0.05) is 32.1 Å². The van der Waals surface area contributed by atoms with Crippen LogP contribution in [0.2, 0.25) is 0 Å². The zero-order chi connectivity index (χ0) is 31.5. The SMILES string of the molecule is CS(=O)(=O)OCCCn1nc(C2=C(c3c(I)n(-c4ccc5ccccc5c4)c4ccccc34)C(=O)NC2=O)c2c(I)cccc21. The van der Waals surface area contributed by atoms with Crippen LogP contribution < -0.4 is 5.32 Å². The first-order valence-corrected chi connectivity index (χ1v) is 18.0. The van der Waals surface area contributed by atoms with Gasteiger partial charge >= 0.3 is 0 Å². The summed E-state index contributed by atoms with van der Waals surface area (Å²) in [4.78, 5) is 27.3. The Kier molecular flexibility index (Phi) is 7.78. The van der Waals surface area contributed by atoms with Crippen LogP contribution in [0.3, 0.4) is 0 Å². The second kappa shape index (κ2) is 11.6. The minimum Gasteiger partial charge on any atom is -0.304 e. The van der Waals surface area contributed by atoms with Gasteiger partial charge in [0.2, 0.25) is 0 Å². The lowest BCUT2D eigenvalue weighted by atomic mass is 9.97. The monoisotopic (exact) mass is 842 g/mol. The van der Waals surface area contributed by atoms with Crippen molar-refractivity contribution in [1.29, 1.82) is 0 Å². The summed E-state index contributed by atoms with van der Waals surface area (Å²) in [7, 11) is -3.57. The van der Waals surface area contributed by atoms with E-state index in [0.717, 1.165) is 51.8 Å². The van der Waals surface area contributed by atoms with E-state index < -0.39 is 21.9 Å². The minimum atomic E-state index is -3.57. The van der Waals surface area contributed by atoms with Gasteiger partial charge in [0.05, 0.1) is 38.7 Å². The molecule has 0 bridgehead atoms. The zero-order valence-electron chi connectivity index (χ0n) is 23.8. The van der Waals surface area contributed by atoms with Crippen molar-refractivity contribution in [3.05, 3.63) is 103 Å². The Morgan fingerprint density at radius 1 is 0.844 bits per heavy atom. The number of fused-ring (bicyclic) bond motifs is 3. The maximum absolute atomic E-state index is 13.7. The predicted octanol–water partition coefficient (Wildman–Crippen LogP) is 6.28. The van der Waals surface area contributed by atoms with Crippen LogP contribution in [0.4, 0.5) is 0 Å². The van der Waals surface area contributed by atoms with Crippen molar-refractivity contribution in [2.45, 2.75) is 13.0 Å². The van der Waals surface area contributed by atoms with Crippen molar-refractivity contribution in [3.63, 3.8) is 0 Å². The van der Waals surface area contributed by atoms with E-state index in [1.807, 2.05) is 54.6 Å². The number of aryl methyl sites for hydroxylation is 1. The lowest BCUT2D eigenvalue weighted by Crippen LogP contribution is -2.23. The highest BCUT2D eigenvalue weighted by Crippen LogP contribution is 2.42. The quantitative estimate of drug-likeness (QED) is 0.0837. The summed E-state index contributed by atoms with van der Waals surface area (Å²) in [6.45, 7) is 0.349. The van der Waals surface area contributed by atoms with Crippen LogP contribution in [-0.2, 0) is 30.4 Å². The molecule has 1 aliphatic rings. The number of benzene rings is 4. The molecule has 2 aromatic heterocycles. The molecule has 12 heteroatoms. The third-order valence-corrected chi connectivity index (χ3v) is 10.3. The van der Waals surface area contributed by atoms with E-state index in [1.165, 1.54) is 0 Å². The molecule has 4 aromatic carbocycles. The van der Waals surface area contributed by atoms with E-state index in [0.29, 0.717) is 24.2 Å². The second-order valence-electron chi connectivity index (χ2n) is 10.7. The van der Waals surface area contributed by atoms with E-state index in [2.05, 4.69) is 85.4 Å². The Morgan fingerprint density at radius 2 is 1.56 bits per heavy atom. The first-order valence-electron chi connectivity index (χ1n) is 14.0. The number of hydrogen-bond donors (Lipinski definition) is 1. The molecule has 2 amide bonds. The van der Waals surface area contributed by atoms with Gasteiger partial charge in [0.1, 0.15) is 5.69 Å². The third-order valence-electron chi connectivity index (χ3n) is 7.77. The first-order chi connectivity index (χ1) is 21.6. The molecule has 7 rings (SSSR count). The summed E-state index contributed by atoms with van der Waals surface area (Å²) in [5.41, 5.74) is 4.15. The van der Waals surface area contributed by atoms with Crippen LogP contribution in [0, 0.1) is 7.27 Å². The molecule has 0 spiro atoms. The number of nitrogens with zero attached hydrogens (tertiary/aromatic N) is 3. The number of hydrogen-bond acceptors (Lipinski definition) is 6. The normalized spacial score (nSPS) is 13.9. The zero-order valence-corrected chi connectivity index (χ0v) is 28.9. The maximum Gasteiger partial charge on any atom is 0.264 e. The average Bonchev–Trinajstić information content (AvgIpc) is 3.62. The molecule has 45 heavy (non-hydrogen) atoms. The molecule has 6 aromatic rings. The molecule has 0 saturated heterocycles. The van der Waals surface area contributed by atoms with Crippen molar-refractivity contribution in [2.24, 2.45) is 0 Å². The molecule has 1 aliphatic heterocycles. The fourth-order valence-electron chi connectivity index (χ4n) is 5.89. The molecule has 0 radical (unpaired) electrons. The Bertz CT molecular complexity index is 2360. The van der Waals surface area contributed by atoms with Gasteiger partial charge in [-0.1, -0.05) is 54.6 Å². The van der Waals surface area contributed by atoms with Gasteiger partial charge in [-0.25, -0.2) is 0 Å². The van der Waals surface area contributed by atoms with Gasteiger partial charge in [0.25, 0.3) is 21.9 Å². The van der Waals surface area contributed by atoms with Crippen molar-refractivity contribution in [3.8, 4) is 5.69 Å². The Hall–Kier alpha value is -3.60. The number of halogens is 2. The number of carbonyl (C=O) groups is 2. The van der Waals surface area contributed by atoms with E-state index >= 15 is 0 Å². The highest BCUT2D eigenvalue weighted by atomic mass is 127. The van der Waals surface area contributed by atoms with Gasteiger partial charge in [-0.3, -0.25) is 23.8 Å². The molecule has 226 valence electrons. The average molecular weight is 842 g/mol. The van der Waals surface area contributed by atoms with Crippen molar-refractivity contribution in [1.82, 2.24) is 19.7 Å². The van der Waals surface area contributed by atoms with Crippen LogP contribution >= 0.6 is 45.2 Å². The summed E-state index contributed by atoms with van der Waals surface area (Å²) in [6.07, 6.45) is 1.39. The Labute approximate surface area is 285 Å². The smallest absolute Gasteiger partial charge is 0.264 e. The molecular formula is C33H24I2N4O5S. The Morgan fingerprint density at radius 3 is 2.36 bits per heavy atom. The number of rotatable bonds is 8. The molecule has 0 fully saturated rings. The van der Waals surface area contributed by atoms with Crippen LogP contribution in [0.25, 0.3) is 49.4 Å². The fourth-order valence-corrected chi connectivity index (χ4v) is 8.15. The van der Waals surface area contributed by atoms with Crippen molar-refractivity contribution < 1.29 is 22.2 Å². The molecule has 3 heterocycles. The molecule has 0 atom stereocenters. The number of carbonyl (C=O) groups excluding carboxylic acids is 2. The second-order valence-corrected chi connectivity index (χ2v) is 14.5. The third kappa shape index (κ3) is 5.36. The van der Waals surface area contributed by atoms with Crippen LogP contribution in [-0.4, -0.2) is 47.4 Å². The van der Waals surface area contributed by atoms with Gasteiger partial charge in [-0.15, -0.1) is 0 Å². The van der Waals surface area contributed by atoms with Gasteiger partial charge in [-0.2, -0.15) is 13.5 Å². The summed E-state index contributed by atoms with van der Waals surface area (Å²) >= 11 is 4.47. The van der Waals surface area contributed by atoms with Crippen LogP contribution in [0.5, 0.6) is 0 Å². The standard InChI is InChI=1S/C33H24I2N4O5S/c1-45(42,43)44-17-7-16-38-25-13-6-11-23(34)27(25)30(37-38)29-28(32(40)36-33(29)41)26-22-10-4-5-12-24(22)39(31(26)35)21-15-14-19-8-2-3-9-20(19)18-21/h2-6,8-15,18H,7,16-17H2,1H3,(H,36,40,41). The van der Waals surface area contributed by atoms with E-state index in [1.54, 1.807) is 4.68 Å². The predicted molar refractivity (Wildman–Crippen MR) is 191 cm³/mol. The van der Waals surface area contributed by atoms with E-state index in [4.69, 9.17) is 9.28 Å². The molecule has 0 aliphatic carbocycles. The highest BCUT2D eigenvalue weighted by molar-refractivity contribution is 14.1. The summed E-state index contributed by atoms with van der Waals surface area (Å²) < 4.78 is 33.3. The van der Waals surface area contributed by atoms with Crippen molar-refractivity contribution in [2.75, 3.05) is 12.9 Å². The van der Waals surface area contributed by atoms with E-state index in [-0.39, 0.29) is 17.8 Å². The lowest BCUT2D eigenvalue weighted by Gasteiger charge is -2.10. The maximum atomic E-state index is 13.7. The molecule has 0 unspecified atom stereocenters. The molecule has 9 nitrogen and oxygen atoms in total. The number of imide groups is 1. The number of amides is 2. The molecule has 0 saturated carbocycles. The Balaban J connectivity index is 1.44. The topological polar surface area (TPSA) is 112 Å². The summed E-state index contributed by atoms with van der Waals surface area (Å²) in [5.74, 6) is -0.996. The summed E-state index contributed by atoms with van der Waals surface area (Å²) in [6, 6.07) is 28.0. The largest absolute Gasteiger partial charge is 0.304 e. The highest BCUT2D eigenvalue weighted by Gasteiger charge is 2.38. The first kappa shape index (κ1) is 30.1. The molecule has 1 N–H and O–H groups in total.